The van der Waals surface area contributed by atoms with E-state index in [1.807, 2.05) is 6.07 Å². The molecular formula is C28H34FN3O5. The minimum atomic E-state index is -0.652. The lowest BCUT2D eigenvalue weighted by Crippen LogP contribution is -2.44. The van der Waals surface area contributed by atoms with Gasteiger partial charge in [-0.2, -0.15) is 5.10 Å². The van der Waals surface area contributed by atoms with Crippen molar-refractivity contribution in [2.45, 2.75) is 38.1 Å². The van der Waals surface area contributed by atoms with E-state index >= 15 is 0 Å². The standard InChI is InChI=1S/C28H34FN3O5/c1-35-15-14-31(28(34)19-8-4-5-9-19)18-27(33)32-25(21-10-6-7-11-23(21)29)17-24(30-32)22-13-12-20(36-2)16-26(22)37-3/h6-7,10-13,16,19,25H,4-5,8-9,14-15,17-18H2,1-3H3/t25-/m1/s1. The molecule has 9 heteroatoms. The molecule has 1 aliphatic carbocycles. The van der Waals surface area contributed by atoms with E-state index in [2.05, 4.69) is 5.10 Å². The zero-order chi connectivity index (χ0) is 26.4. The number of carbonyl (C=O) groups excluding carboxylic acids is 2. The second-order valence-corrected chi connectivity index (χ2v) is 9.33. The van der Waals surface area contributed by atoms with Gasteiger partial charge in [-0.05, 0) is 31.0 Å². The zero-order valence-corrected chi connectivity index (χ0v) is 21.6. The summed E-state index contributed by atoms with van der Waals surface area (Å²) in [6.07, 6.45) is 3.99. The quantitative estimate of drug-likeness (QED) is 0.478. The topological polar surface area (TPSA) is 80.7 Å². The Balaban J connectivity index is 1.65. The lowest BCUT2D eigenvalue weighted by Gasteiger charge is -2.28. The van der Waals surface area contributed by atoms with Gasteiger partial charge in [-0.1, -0.05) is 31.0 Å². The van der Waals surface area contributed by atoms with Gasteiger partial charge < -0.3 is 19.1 Å². The molecule has 0 N–H and O–H groups in total. The van der Waals surface area contributed by atoms with E-state index in [4.69, 9.17) is 14.2 Å². The number of amides is 2. The average molecular weight is 512 g/mol. The van der Waals surface area contributed by atoms with Crippen LogP contribution in [0, 0.1) is 11.7 Å². The molecule has 0 bridgehead atoms. The van der Waals surface area contributed by atoms with Gasteiger partial charge in [-0.25, -0.2) is 9.40 Å². The Kier molecular flexibility index (Phi) is 8.76. The smallest absolute Gasteiger partial charge is 0.262 e. The molecule has 0 unspecified atom stereocenters. The van der Waals surface area contributed by atoms with E-state index in [0.717, 1.165) is 25.7 Å². The molecule has 0 saturated heterocycles. The summed E-state index contributed by atoms with van der Waals surface area (Å²) in [6.45, 7) is 0.471. The Morgan fingerprint density at radius 1 is 1.08 bits per heavy atom. The second-order valence-electron chi connectivity index (χ2n) is 9.33. The third-order valence-corrected chi connectivity index (χ3v) is 7.06. The number of methoxy groups -OCH3 is 3. The van der Waals surface area contributed by atoms with Crippen LogP contribution in [0.25, 0.3) is 0 Å². The summed E-state index contributed by atoms with van der Waals surface area (Å²) >= 11 is 0. The molecule has 2 aliphatic rings. The molecule has 1 atom stereocenters. The van der Waals surface area contributed by atoms with Crippen molar-refractivity contribution in [3.05, 3.63) is 59.4 Å². The van der Waals surface area contributed by atoms with Gasteiger partial charge in [0.1, 0.15) is 23.9 Å². The highest BCUT2D eigenvalue weighted by Crippen LogP contribution is 2.37. The number of ether oxygens (including phenoxy) is 3. The fourth-order valence-corrected chi connectivity index (χ4v) is 5.06. The number of nitrogens with zero attached hydrogens (tertiary/aromatic N) is 3. The van der Waals surface area contributed by atoms with Crippen LogP contribution in [0.2, 0.25) is 0 Å². The van der Waals surface area contributed by atoms with E-state index < -0.39 is 11.9 Å². The summed E-state index contributed by atoms with van der Waals surface area (Å²) in [6, 6.07) is 11.1. The highest BCUT2D eigenvalue weighted by atomic mass is 19.1. The van der Waals surface area contributed by atoms with Crippen LogP contribution in [0.1, 0.15) is 49.3 Å². The summed E-state index contributed by atoms with van der Waals surface area (Å²) in [5, 5.41) is 5.97. The maximum atomic E-state index is 14.9. The van der Waals surface area contributed by atoms with Crippen molar-refractivity contribution in [2.24, 2.45) is 11.0 Å². The van der Waals surface area contributed by atoms with Crippen molar-refractivity contribution in [1.29, 1.82) is 0 Å². The highest BCUT2D eigenvalue weighted by molar-refractivity contribution is 6.05. The van der Waals surface area contributed by atoms with Crippen molar-refractivity contribution in [3.63, 3.8) is 0 Å². The van der Waals surface area contributed by atoms with Gasteiger partial charge in [0.15, 0.2) is 0 Å². The number of rotatable bonds is 10. The average Bonchev–Trinajstić information content (AvgIpc) is 3.61. The normalized spacial score (nSPS) is 17.6. The van der Waals surface area contributed by atoms with Crippen LogP contribution in [0.4, 0.5) is 4.39 Å². The predicted octanol–water partition coefficient (Wildman–Crippen LogP) is 4.19. The molecule has 2 aromatic rings. The number of carbonyl (C=O) groups is 2. The molecule has 2 aromatic carbocycles. The van der Waals surface area contributed by atoms with E-state index in [9.17, 15) is 14.0 Å². The molecule has 0 radical (unpaired) electrons. The van der Waals surface area contributed by atoms with Crippen molar-refractivity contribution >= 4 is 17.5 Å². The Morgan fingerprint density at radius 3 is 2.51 bits per heavy atom. The van der Waals surface area contributed by atoms with Gasteiger partial charge in [0.05, 0.1) is 32.6 Å². The van der Waals surface area contributed by atoms with Crippen molar-refractivity contribution in [1.82, 2.24) is 9.91 Å². The first-order chi connectivity index (χ1) is 18.0. The van der Waals surface area contributed by atoms with Crippen LogP contribution in [-0.4, -0.2) is 68.5 Å². The van der Waals surface area contributed by atoms with Gasteiger partial charge in [-0.15, -0.1) is 0 Å². The SMILES string of the molecule is COCCN(CC(=O)N1N=C(c2ccc(OC)cc2OC)C[C@@H]1c1ccccc1F)C(=O)C1CCCC1. The Bertz CT molecular complexity index is 1150. The molecule has 1 fully saturated rings. The first-order valence-electron chi connectivity index (χ1n) is 12.6. The third-order valence-electron chi connectivity index (χ3n) is 7.06. The molecule has 37 heavy (non-hydrogen) atoms. The summed E-state index contributed by atoms with van der Waals surface area (Å²) in [4.78, 5) is 28.4. The largest absolute Gasteiger partial charge is 0.497 e. The Labute approximate surface area is 217 Å². The number of benzene rings is 2. The van der Waals surface area contributed by atoms with Gasteiger partial charge in [0.25, 0.3) is 5.91 Å². The number of hydrazone groups is 1. The lowest BCUT2D eigenvalue weighted by molar-refractivity contribution is -0.144. The van der Waals surface area contributed by atoms with Crippen LogP contribution in [0.15, 0.2) is 47.6 Å². The van der Waals surface area contributed by atoms with E-state index in [1.54, 1.807) is 56.6 Å². The van der Waals surface area contributed by atoms with Crippen molar-refractivity contribution in [3.8, 4) is 11.5 Å². The predicted molar refractivity (Wildman–Crippen MR) is 137 cm³/mol. The lowest BCUT2D eigenvalue weighted by atomic mass is 9.97. The monoisotopic (exact) mass is 511 g/mol. The molecule has 1 heterocycles. The van der Waals surface area contributed by atoms with Gasteiger partial charge in [-0.3, -0.25) is 9.59 Å². The minimum absolute atomic E-state index is 0.0365. The van der Waals surface area contributed by atoms with Crippen molar-refractivity contribution < 1.29 is 28.2 Å². The molecule has 8 nitrogen and oxygen atoms in total. The summed E-state index contributed by atoms with van der Waals surface area (Å²) in [5.41, 5.74) is 1.65. The van der Waals surface area contributed by atoms with Crippen LogP contribution < -0.4 is 9.47 Å². The maximum absolute atomic E-state index is 14.9. The van der Waals surface area contributed by atoms with Crippen LogP contribution in [-0.2, 0) is 14.3 Å². The fraction of sp³-hybridized carbons (Fsp3) is 0.464. The number of hydrogen-bond acceptors (Lipinski definition) is 6. The van der Waals surface area contributed by atoms with E-state index in [-0.39, 0.29) is 24.3 Å². The molecular weight excluding hydrogens is 477 g/mol. The van der Waals surface area contributed by atoms with Crippen LogP contribution in [0.3, 0.4) is 0 Å². The third kappa shape index (κ3) is 5.93. The van der Waals surface area contributed by atoms with Gasteiger partial charge in [0, 0.05) is 43.2 Å². The highest BCUT2D eigenvalue weighted by Gasteiger charge is 2.37. The zero-order valence-electron chi connectivity index (χ0n) is 21.6. The fourth-order valence-electron chi connectivity index (χ4n) is 5.06. The molecule has 4 rings (SSSR count). The summed E-state index contributed by atoms with van der Waals surface area (Å²) in [7, 11) is 4.68. The number of hydrogen-bond donors (Lipinski definition) is 0. The Morgan fingerprint density at radius 2 is 1.84 bits per heavy atom. The molecule has 1 aliphatic heterocycles. The van der Waals surface area contributed by atoms with Crippen molar-refractivity contribution in [2.75, 3.05) is 41.0 Å². The first kappa shape index (κ1) is 26.6. The Hall–Kier alpha value is -3.46. The minimum Gasteiger partial charge on any atom is -0.497 e. The summed E-state index contributed by atoms with van der Waals surface area (Å²) in [5.74, 6) is 0.258. The number of halogens is 1. The van der Waals surface area contributed by atoms with Crippen LogP contribution in [0.5, 0.6) is 11.5 Å². The molecule has 198 valence electrons. The molecule has 0 spiro atoms. The molecule has 1 saturated carbocycles. The van der Waals surface area contributed by atoms with E-state index in [1.165, 1.54) is 11.1 Å². The van der Waals surface area contributed by atoms with Gasteiger partial charge >= 0.3 is 0 Å². The van der Waals surface area contributed by atoms with Gasteiger partial charge in [0.2, 0.25) is 5.91 Å². The van der Waals surface area contributed by atoms with E-state index in [0.29, 0.717) is 47.9 Å². The summed E-state index contributed by atoms with van der Waals surface area (Å²) < 4.78 is 31.0. The molecule has 0 aromatic heterocycles. The second kappa shape index (κ2) is 12.2. The maximum Gasteiger partial charge on any atom is 0.262 e. The van der Waals surface area contributed by atoms with Crippen LogP contribution >= 0.6 is 0 Å². The molecule has 2 amide bonds. The first-order valence-corrected chi connectivity index (χ1v) is 12.6.